The molecule has 0 aromatic heterocycles. The highest BCUT2D eigenvalue weighted by Crippen LogP contribution is 2.46. The third kappa shape index (κ3) is 0.606. The van der Waals surface area contributed by atoms with Crippen LogP contribution in [-0.4, -0.2) is 6.29 Å². The fourth-order valence-corrected chi connectivity index (χ4v) is 2.33. The maximum absolute atomic E-state index is 10.6. The second-order valence-corrected chi connectivity index (χ2v) is 3.52. The minimum atomic E-state index is 0.329. The molecule has 2 aliphatic rings. The van der Waals surface area contributed by atoms with E-state index in [1.807, 2.05) is 0 Å². The summed E-state index contributed by atoms with van der Waals surface area (Å²) in [4.78, 5) is 10.6. The van der Waals surface area contributed by atoms with Gasteiger partial charge >= 0.3 is 0 Å². The molecule has 0 amide bonds. The number of rotatable bonds is 1. The van der Waals surface area contributed by atoms with Gasteiger partial charge in [-0.3, -0.25) is 0 Å². The normalized spacial score (nSPS) is 50.1. The maximum Gasteiger partial charge on any atom is 0.123 e. The molecule has 0 spiro atoms. The summed E-state index contributed by atoms with van der Waals surface area (Å²) in [6.45, 7) is 2.19. The van der Waals surface area contributed by atoms with Crippen molar-refractivity contribution in [2.75, 3.05) is 0 Å². The van der Waals surface area contributed by atoms with Gasteiger partial charge in [0.05, 0.1) is 0 Å². The molecule has 1 nitrogen and oxygen atoms in total. The van der Waals surface area contributed by atoms with E-state index in [-0.39, 0.29) is 0 Å². The molecule has 0 aliphatic heterocycles. The molecule has 0 N–H and O–H groups in total. The molecule has 0 saturated heterocycles. The largest absolute Gasteiger partial charge is 0.303 e. The number of fused-ring (bicyclic) bond motifs is 2. The summed E-state index contributed by atoms with van der Waals surface area (Å²) in [6.07, 6.45) is 6.85. The van der Waals surface area contributed by atoms with E-state index in [9.17, 15) is 4.79 Å². The molecule has 10 heavy (non-hydrogen) atoms. The molecule has 4 atom stereocenters. The highest BCUT2D eigenvalue weighted by atomic mass is 16.1. The van der Waals surface area contributed by atoms with Crippen LogP contribution in [0.25, 0.3) is 0 Å². The molecule has 1 heteroatoms. The van der Waals surface area contributed by atoms with Crippen molar-refractivity contribution in [3.05, 3.63) is 12.2 Å². The Balaban J connectivity index is 2.25. The van der Waals surface area contributed by atoms with E-state index in [4.69, 9.17) is 0 Å². The molecule has 0 heterocycles. The van der Waals surface area contributed by atoms with E-state index in [0.717, 1.165) is 6.29 Å². The standard InChI is InChI=1S/C9H12O/c1-6-7-2-3-8(4-7)9(6)5-10/h2-3,5-9H,4H2,1H3/t6-,7+,8-,9+/m1/s1. The van der Waals surface area contributed by atoms with Crippen LogP contribution in [0, 0.1) is 23.7 Å². The van der Waals surface area contributed by atoms with E-state index in [0.29, 0.717) is 23.7 Å². The third-order valence-electron chi connectivity index (χ3n) is 3.08. The summed E-state index contributed by atoms with van der Waals surface area (Å²) in [5, 5.41) is 0. The lowest BCUT2D eigenvalue weighted by atomic mass is 9.86. The summed E-state index contributed by atoms with van der Waals surface area (Å²) in [5.74, 6) is 2.22. The van der Waals surface area contributed by atoms with Gasteiger partial charge in [-0.1, -0.05) is 19.1 Å². The highest BCUT2D eigenvalue weighted by molar-refractivity contribution is 5.57. The lowest BCUT2D eigenvalue weighted by molar-refractivity contribution is -0.112. The third-order valence-corrected chi connectivity index (χ3v) is 3.08. The summed E-state index contributed by atoms with van der Waals surface area (Å²) < 4.78 is 0. The SMILES string of the molecule is C[C@H]1[C@H](C=O)[C@@H]2C=C[C@H]1C2. The maximum atomic E-state index is 10.6. The van der Waals surface area contributed by atoms with Gasteiger partial charge in [0.25, 0.3) is 0 Å². The summed E-state index contributed by atoms with van der Waals surface area (Å²) in [7, 11) is 0. The van der Waals surface area contributed by atoms with Crippen LogP contribution in [0.5, 0.6) is 0 Å². The Morgan fingerprint density at radius 2 is 2.10 bits per heavy atom. The Labute approximate surface area is 61.1 Å². The lowest BCUT2D eigenvalue weighted by Crippen LogP contribution is -2.17. The molecule has 0 radical (unpaired) electrons. The Kier molecular flexibility index (Phi) is 1.19. The second kappa shape index (κ2) is 1.94. The van der Waals surface area contributed by atoms with Gasteiger partial charge in [0.15, 0.2) is 0 Å². The van der Waals surface area contributed by atoms with Crippen molar-refractivity contribution in [1.29, 1.82) is 0 Å². The predicted molar refractivity (Wildman–Crippen MR) is 39.5 cm³/mol. The molecule has 0 aromatic carbocycles. The van der Waals surface area contributed by atoms with Crippen molar-refractivity contribution in [2.24, 2.45) is 23.7 Å². The molecule has 1 saturated carbocycles. The van der Waals surface area contributed by atoms with Crippen LogP contribution in [0.15, 0.2) is 12.2 Å². The number of allylic oxidation sites excluding steroid dienone is 2. The van der Waals surface area contributed by atoms with E-state index in [2.05, 4.69) is 19.1 Å². The first-order valence-corrected chi connectivity index (χ1v) is 3.96. The van der Waals surface area contributed by atoms with Gasteiger partial charge in [-0.15, -0.1) is 0 Å². The Morgan fingerprint density at radius 3 is 2.50 bits per heavy atom. The van der Waals surface area contributed by atoms with Crippen LogP contribution in [0.2, 0.25) is 0 Å². The van der Waals surface area contributed by atoms with E-state index in [1.54, 1.807) is 0 Å². The Morgan fingerprint density at radius 1 is 1.40 bits per heavy atom. The lowest BCUT2D eigenvalue weighted by Gasteiger charge is -2.18. The Hall–Kier alpha value is -0.590. The molecule has 0 unspecified atom stereocenters. The van der Waals surface area contributed by atoms with Crippen LogP contribution >= 0.6 is 0 Å². The first-order valence-electron chi connectivity index (χ1n) is 3.96. The zero-order valence-electron chi connectivity index (χ0n) is 6.16. The van der Waals surface area contributed by atoms with Crippen LogP contribution in [0.3, 0.4) is 0 Å². The summed E-state index contributed by atoms with van der Waals surface area (Å²) >= 11 is 0. The minimum absolute atomic E-state index is 0.329. The van der Waals surface area contributed by atoms with Crippen LogP contribution in [0.1, 0.15) is 13.3 Å². The monoisotopic (exact) mass is 136 g/mol. The molecule has 2 rings (SSSR count). The van der Waals surface area contributed by atoms with Crippen molar-refractivity contribution < 1.29 is 4.79 Å². The van der Waals surface area contributed by atoms with E-state index >= 15 is 0 Å². The first-order chi connectivity index (χ1) is 4.83. The van der Waals surface area contributed by atoms with E-state index < -0.39 is 0 Å². The van der Waals surface area contributed by atoms with Gasteiger partial charge in [-0.25, -0.2) is 0 Å². The fourth-order valence-electron chi connectivity index (χ4n) is 2.33. The van der Waals surface area contributed by atoms with Crippen molar-refractivity contribution in [3.8, 4) is 0 Å². The molecule has 54 valence electrons. The van der Waals surface area contributed by atoms with Gasteiger partial charge in [-0.05, 0) is 24.2 Å². The van der Waals surface area contributed by atoms with Crippen LogP contribution < -0.4 is 0 Å². The minimum Gasteiger partial charge on any atom is -0.303 e. The first kappa shape index (κ1) is 6.14. The van der Waals surface area contributed by atoms with Gasteiger partial charge in [0, 0.05) is 5.92 Å². The van der Waals surface area contributed by atoms with E-state index in [1.165, 1.54) is 6.42 Å². The molecular formula is C9H12O. The van der Waals surface area contributed by atoms with Gasteiger partial charge in [-0.2, -0.15) is 0 Å². The quantitative estimate of drug-likeness (QED) is 0.395. The van der Waals surface area contributed by atoms with Gasteiger partial charge < -0.3 is 4.79 Å². The Bertz CT molecular complexity index is 183. The van der Waals surface area contributed by atoms with Crippen molar-refractivity contribution in [3.63, 3.8) is 0 Å². The molecule has 0 aromatic rings. The zero-order valence-corrected chi connectivity index (χ0v) is 6.16. The molecule has 2 bridgehead atoms. The zero-order chi connectivity index (χ0) is 7.14. The van der Waals surface area contributed by atoms with Gasteiger partial charge in [0.1, 0.15) is 6.29 Å². The number of hydrogen-bond donors (Lipinski definition) is 0. The van der Waals surface area contributed by atoms with Crippen molar-refractivity contribution >= 4 is 6.29 Å². The van der Waals surface area contributed by atoms with Crippen LogP contribution in [0.4, 0.5) is 0 Å². The molecular weight excluding hydrogens is 124 g/mol. The fraction of sp³-hybridized carbons (Fsp3) is 0.667. The van der Waals surface area contributed by atoms with Crippen molar-refractivity contribution in [1.82, 2.24) is 0 Å². The summed E-state index contributed by atoms with van der Waals surface area (Å²) in [5.41, 5.74) is 0. The average molecular weight is 136 g/mol. The number of carbonyl (C=O) groups is 1. The highest BCUT2D eigenvalue weighted by Gasteiger charge is 2.41. The average Bonchev–Trinajstić information content (AvgIpc) is 2.46. The topological polar surface area (TPSA) is 17.1 Å². The predicted octanol–water partition coefficient (Wildman–Crippen LogP) is 1.64. The van der Waals surface area contributed by atoms with Crippen molar-refractivity contribution in [2.45, 2.75) is 13.3 Å². The summed E-state index contributed by atoms with van der Waals surface area (Å²) in [6, 6.07) is 0. The number of carbonyl (C=O) groups excluding carboxylic acids is 1. The van der Waals surface area contributed by atoms with Crippen LogP contribution in [-0.2, 0) is 4.79 Å². The number of aldehydes is 1. The van der Waals surface area contributed by atoms with Gasteiger partial charge in [0.2, 0.25) is 0 Å². The smallest absolute Gasteiger partial charge is 0.123 e. The molecule has 1 fully saturated rings. The molecule has 2 aliphatic carbocycles. The number of hydrogen-bond acceptors (Lipinski definition) is 1. The second-order valence-electron chi connectivity index (χ2n) is 3.52.